The number of hydrogen-bond acceptors (Lipinski definition) is 8. The summed E-state index contributed by atoms with van der Waals surface area (Å²) in [6, 6.07) is 2.49. The van der Waals surface area contributed by atoms with Crippen molar-refractivity contribution >= 4 is 29.7 Å². The second-order valence-electron chi connectivity index (χ2n) is 11.3. The molecule has 16 heteroatoms. The first kappa shape index (κ1) is 32.7. The Labute approximate surface area is 252 Å². The summed E-state index contributed by atoms with van der Waals surface area (Å²) in [7, 11) is 1.07. The first-order chi connectivity index (χ1) is 20.7. The van der Waals surface area contributed by atoms with Crippen molar-refractivity contribution in [2.45, 2.75) is 39.1 Å². The third-order valence-electron chi connectivity index (χ3n) is 6.82. The molecule has 0 atom stereocenters. The second-order valence-corrected chi connectivity index (χ2v) is 11.3. The maximum absolute atomic E-state index is 14.0. The van der Waals surface area contributed by atoms with Gasteiger partial charge in [0.2, 0.25) is 0 Å². The maximum atomic E-state index is 14.0. The average molecular weight is 623 g/mol. The van der Waals surface area contributed by atoms with Gasteiger partial charge in [-0.3, -0.25) is 15.6 Å². The number of ether oxygens (including phenoxy) is 3. The van der Waals surface area contributed by atoms with Crippen LogP contribution in [0.2, 0.25) is 0 Å². The molecule has 2 aromatic rings. The lowest BCUT2D eigenvalue weighted by Gasteiger charge is -2.35. The summed E-state index contributed by atoms with van der Waals surface area (Å²) in [5, 5.41) is 10.7. The number of aromatic amines is 1. The molecular weight excluding hydrogens is 585 g/mol. The number of H-pyrrole nitrogens is 1. The van der Waals surface area contributed by atoms with Crippen molar-refractivity contribution in [2.75, 3.05) is 64.9 Å². The summed E-state index contributed by atoms with van der Waals surface area (Å²) < 4.78 is 57.4. The Morgan fingerprint density at radius 3 is 2.39 bits per heavy atom. The molecule has 2 aliphatic heterocycles. The molecule has 0 unspecified atom stereocenters. The van der Waals surface area contributed by atoms with Gasteiger partial charge in [0.05, 0.1) is 31.6 Å². The summed E-state index contributed by atoms with van der Waals surface area (Å²) in [4.78, 5) is 41.0. The van der Waals surface area contributed by atoms with Crippen LogP contribution in [0, 0.1) is 5.41 Å². The maximum Gasteiger partial charge on any atom is 0.417 e. The van der Waals surface area contributed by atoms with Crippen molar-refractivity contribution < 1.29 is 37.0 Å². The quantitative estimate of drug-likeness (QED) is 0.337. The number of piperazine rings is 1. The molecule has 0 aromatic carbocycles. The molecule has 0 radical (unpaired) electrons. The summed E-state index contributed by atoms with van der Waals surface area (Å²) in [5.74, 6) is -0.728. The Hall–Kier alpha value is -4.18. The van der Waals surface area contributed by atoms with Crippen LogP contribution in [0.3, 0.4) is 0 Å². The minimum atomic E-state index is -4.85. The number of methoxy groups -OCH3 is 1. The number of aromatic nitrogens is 2. The van der Waals surface area contributed by atoms with Crippen molar-refractivity contribution in [1.29, 1.82) is 5.41 Å². The summed E-state index contributed by atoms with van der Waals surface area (Å²) in [5.41, 5.74) is -0.847. The van der Waals surface area contributed by atoms with E-state index in [1.165, 1.54) is 0 Å². The molecule has 0 spiro atoms. The molecule has 13 nitrogen and oxygen atoms in total. The fourth-order valence-corrected chi connectivity index (χ4v) is 4.68. The van der Waals surface area contributed by atoms with Crippen molar-refractivity contribution in [3.63, 3.8) is 0 Å². The standard InChI is InChI=1S/C28H37F3N8O5/c1-27(2,3)44-26(41)39-7-5-37(6-8-39)17-18-13-21(33-15-18)24(38-9-11-43-12-10-38)36-23(32)19-16-34-22(35-25(40)42-4)14-20(19)28(29,30)31/h13-16,32-33H,5-12,17H2,1-4H3,(H,34,35,40)/b32-23?,36-24+. The SMILES string of the molecule is COC(=O)Nc1cc(C(F)(F)F)c(C(=N)/N=C(\c2cc(CN3CCN(C(=O)OC(C)(C)C)CC3)c[nH]2)N2CCOCC2)cn1. The van der Waals surface area contributed by atoms with E-state index in [9.17, 15) is 22.8 Å². The number of nitrogens with zero attached hydrogens (tertiary/aromatic N) is 5. The van der Waals surface area contributed by atoms with E-state index in [1.54, 1.807) is 11.1 Å². The molecule has 2 fully saturated rings. The highest BCUT2D eigenvalue weighted by Crippen LogP contribution is 2.33. The van der Waals surface area contributed by atoms with Gasteiger partial charge < -0.3 is 29.0 Å². The lowest BCUT2D eigenvalue weighted by atomic mass is 10.1. The Morgan fingerprint density at radius 1 is 1.09 bits per heavy atom. The van der Waals surface area contributed by atoms with Crippen LogP contribution >= 0.6 is 0 Å². The van der Waals surface area contributed by atoms with E-state index in [0.717, 1.165) is 18.9 Å². The smallest absolute Gasteiger partial charge is 0.417 e. The minimum absolute atomic E-state index is 0.296. The van der Waals surface area contributed by atoms with Crippen molar-refractivity contribution in [3.05, 3.63) is 46.9 Å². The van der Waals surface area contributed by atoms with Gasteiger partial charge >= 0.3 is 18.4 Å². The van der Waals surface area contributed by atoms with E-state index in [-0.39, 0.29) is 11.9 Å². The van der Waals surface area contributed by atoms with Gasteiger partial charge in [0.1, 0.15) is 11.4 Å². The molecule has 2 amide bonds. The largest absolute Gasteiger partial charge is 0.453 e. The van der Waals surface area contributed by atoms with E-state index >= 15 is 0 Å². The fourth-order valence-electron chi connectivity index (χ4n) is 4.68. The lowest BCUT2D eigenvalue weighted by molar-refractivity contribution is -0.137. The number of morpholine rings is 1. The van der Waals surface area contributed by atoms with Gasteiger partial charge in [-0.1, -0.05) is 0 Å². The number of amides is 2. The van der Waals surface area contributed by atoms with Crippen LogP contribution in [0.1, 0.15) is 43.2 Å². The predicted molar refractivity (Wildman–Crippen MR) is 155 cm³/mol. The van der Waals surface area contributed by atoms with E-state index in [0.29, 0.717) is 76.6 Å². The zero-order valence-electron chi connectivity index (χ0n) is 25.1. The molecular formula is C28H37F3N8O5. The summed E-state index contributed by atoms with van der Waals surface area (Å²) in [6.45, 7) is 10.0. The molecule has 2 aliphatic rings. The number of carbonyl (C=O) groups excluding carboxylic acids is 2. The van der Waals surface area contributed by atoms with E-state index in [4.69, 9.17) is 14.9 Å². The first-order valence-corrected chi connectivity index (χ1v) is 14.0. The van der Waals surface area contributed by atoms with Gasteiger partial charge in [-0.25, -0.2) is 19.6 Å². The molecule has 0 aliphatic carbocycles. The number of carbonyl (C=O) groups is 2. The number of aliphatic imine (C=N–C) groups is 1. The number of pyridine rings is 1. The average Bonchev–Trinajstić information content (AvgIpc) is 3.43. The fraction of sp³-hybridized carbons (Fsp3) is 0.536. The van der Waals surface area contributed by atoms with Crippen molar-refractivity contribution in [2.24, 2.45) is 4.99 Å². The lowest BCUT2D eigenvalue weighted by Crippen LogP contribution is -2.49. The van der Waals surface area contributed by atoms with E-state index in [2.05, 4.69) is 29.9 Å². The third kappa shape index (κ3) is 8.69. The highest BCUT2D eigenvalue weighted by Gasteiger charge is 2.36. The number of anilines is 1. The monoisotopic (exact) mass is 622 g/mol. The Balaban J connectivity index is 1.53. The molecule has 4 rings (SSSR count). The normalized spacial score (nSPS) is 16.9. The first-order valence-electron chi connectivity index (χ1n) is 14.0. The molecule has 0 saturated carbocycles. The molecule has 3 N–H and O–H groups in total. The number of alkyl halides is 3. The van der Waals surface area contributed by atoms with Gasteiger partial charge in [0, 0.05) is 63.8 Å². The van der Waals surface area contributed by atoms with E-state index in [1.807, 2.05) is 31.7 Å². The molecule has 240 valence electrons. The van der Waals surface area contributed by atoms with Crippen molar-refractivity contribution in [3.8, 4) is 0 Å². The molecule has 44 heavy (non-hydrogen) atoms. The summed E-state index contributed by atoms with van der Waals surface area (Å²) >= 11 is 0. The van der Waals surface area contributed by atoms with Crippen LogP contribution in [0.25, 0.3) is 0 Å². The van der Waals surface area contributed by atoms with Crippen LogP contribution < -0.4 is 5.32 Å². The molecule has 4 heterocycles. The van der Waals surface area contributed by atoms with Crippen LogP contribution in [0.5, 0.6) is 0 Å². The Kier molecular flexibility index (Phi) is 10.1. The van der Waals surface area contributed by atoms with Crippen molar-refractivity contribution in [1.82, 2.24) is 24.7 Å². The topological polar surface area (TPSA) is 148 Å². The zero-order valence-corrected chi connectivity index (χ0v) is 25.1. The van der Waals surface area contributed by atoms with Crippen LogP contribution in [-0.4, -0.2) is 114 Å². The zero-order chi connectivity index (χ0) is 32.1. The molecule has 0 bridgehead atoms. The van der Waals surface area contributed by atoms with E-state index < -0.39 is 34.8 Å². The predicted octanol–water partition coefficient (Wildman–Crippen LogP) is 3.76. The highest BCUT2D eigenvalue weighted by molar-refractivity contribution is 6.10. The number of halogens is 3. The van der Waals surface area contributed by atoms with Gasteiger partial charge in [-0.15, -0.1) is 0 Å². The van der Waals surface area contributed by atoms with Gasteiger partial charge in [-0.2, -0.15) is 13.2 Å². The molecule has 2 saturated heterocycles. The van der Waals surface area contributed by atoms with Gasteiger partial charge in [0.15, 0.2) is 11.7 Å². The number of nitrogens with one attached hydrogen (secondary N) is 3. The molecule has 2 aromatic heterocycles. The van der Waals surface area contributed by atoms with Crippen LogP contribution in [0.4, 0.5) is 28.6 Å². The van der Waals surface area contributed by atoms with Crippen LogP contribution in [-0.2, 0) is 26.9 Å². The second kappa shape index (κ2) is 13.6. The third-order valence-corrected chi connectivity index (χ3v) is 6.82. The Bertz CT molecular complexity index is 1370. The summed E-state index contributed by atoms with van der Waals surface area (Å²) in [6.07, 6.45) is -3.51. The minimum Gasteiger partial charge on any atom is -0.453 e. The number of amidine groups is 2. The number of rotatable bonds is 5. The van der Waals surface area contributed by atoms with Crippen LogP contribution in [0.15, 0.2) is 29.5 Å². The van der Waals surface area contributed by atoms with Gasteiger partial charge in [-0.05, 0) is 38.5 Å². The Morgan fingerprint density at radius 2 is 1.77 bits per heavy atom. The van der Waals surface area contributed by atoms with Gasteiger partial charge in [0.25, 0.3) is 0 Å². The number of hydrogen-bond donors (Lipinski definition) is 3. The highest BCUT2D eigenvalue weighted by atomic mass is 19.4.